The first kappa shape index (κ1) is 28.7. The summed E-state index contributed by atoms with van der Waals surface area (Å²) in [6, 6.07) is 10.8. The first-order valence-corrected chi connectivity index (χ1v) is 13.9. The summed E-state index contributed by atoms with van der Waals surface area (Å²) < 4.78 is 0. The molecule has 0 aliphatic heterocycles. The van der Waals surface area contributed by atoms with E-state index in [2.05, 4.69) is 19.2 Å². The Kier molecular flexibility index (Phi) is 7.18. The third-order valence-corrected chi connectivity index (χ3v) is 8.95. The number of aromatic hydroxyl groups is 1. The normalized spacial score (nSPS) is 25.9. The van der Waals surface area contributed by atoms with Crippen LogP contribution in [-0.4, -0.2) is 69.5 Å². The average molecular weight is 560 g/mol. The second-order valence-corrected chi connectivity index (χ2v) is 12.0. The minimum Gasteiger partial charge on any atom is -0.508 e. The number of amides is 1. The predicted octanol–water partition coefficient (Wildman–Crippen LogP) is 2.79. The lowest BCUT2D eigenvalue weighted by atomic mass is 9.57. The van der Waals surface area contributed by atoms with Crippen LogP contribution in [0, 0.1) is 11.8 Å². The summed E-state index contributed by atoms with van der Waals surface area (Å²) in [5.74, 6) is -4.42. The van der Waals surface area contributed by atoms with E-state index in [1.165, 1.54) is 6.07 Å². The quantitative estimate of drug-likeness (QED) is 0.339. The molecule has 2 aromatic carbocycles. The number of Topliss-reactive ketones (excluding diaryl/α,β-unsaturated/α-hetero) is 2. The summed E-state index contributed by atoms with van der Waals surface area (Å²) in [7, 11) is 3.33. The van der Waals surface area contributed by atoms with E-state index in [0.717, 1.165) is 23.2 Å². The van der Waals surface area contributed by atoms with Crippen LogP contribution in [0.15, 0.2) is 58.9 Å². The average Bonchev–Trinajstić information content (AvgIpc) is 2.89. The number of primary amides is 1. The molecule has 5 rings (SSSR count). The molecule has 0 saturated heterocycles. The number of rotatable bonds is 6. The van der Waals surface area contributed by atoms with Gasteiger partial charge in [-0.1, -0.05) is 44.2 Å². The van der Waals surface area contributed by atoms with Crippen LogP contribution in [0.2, 0.25) is 0 Å². The van der Waals surface area contributed by atoms with Gasteiger partial charge in [-0.05, 0) is 73.7 Å². The van der Waals surface area contributed by atoms with Gasteiger partial charge in [0.25, 0.3) is 5.91 Å². The fraction of sp³-hybridized carbons (Fsp3) is 0.406. The minimum atomic E-state index is -2.14. The van der Waals surface area contributed by atoms with E-state index in [1.54, 1.807) is 25.9 Å². The molecule has 0 saturated carbocycles. The number of phenolic OH excluding ortho intramolecular Hbond substituents is 1. The molecule has 0 heterocycles. The highest BCUT2D eigenvalue weighted by Gasteiger charge is 2.60. The van der Waals surface area contributed by atoms with E-state index in [0.29, 0.717) is 18.0 Å². The zero-order valence-corrected chi connectivity index (χ0v) is 24.0. The van der Waals surface area contributed by atoms with Crippen molar-refractivity contribution >= 4 is 17.5 Å². The summed E-state index contributed by atoms with van der Waals surface area (Å²) in [5, 5.41) is 37.4. The maximum atomic E-state index is 14.1. The van der Waals surface area contributed by atoms with Gasteiger partial charge in [-0.2, -0.15) is 0 Å². The van der Waals surface area contributed by atoms with Crippen LogP contribution >= 0.6 is 0 Å². The number of ketones is 2. The van der Waals surface area contributed by atoms with Crippen molar-refractivity contribution in [1.29, 1.82) is 0 Å². The Balaban J connectivity index is 1.64. The van der Waals surface area contributed by atoms with Gasteiger partial charge in [-0.3, -0.25) is 19.3 Å². The lowest BCUT2D eigenvalue weighted by molar-refractivity contribution is -0.133. The smallest absolute Gasteiger partial charge is 0.255 e. The Morgan fingerprint density at radius 1 is 1.12 bits per heavy atom. The van der Waals surface area contributed by atoms with Crippen molar-refractivity contribution in [3.8, 4) is 16.9 Å². The molecule has 41 heavy (non-hydrogen) atoms. The molecule has 9 nitrogen and oxygen atoms in total. The summed E-state index contributed by atoms with van der Waals surface area (Å²) >= 11 is 0. The number of aliphatic hydroxyl groups is 2. The lowest BCUT2D eigenvalue weighted by Crippen LogP contribution is -2.62. The predicted molar refractivity (Wildman–Crippen MR) is 154 cm³/mol. The molecule has 0 fully saturated rings. The zero-order valence-electron chi connectivity index (χ0n) is 24.0. The summed E-state index contributed by atoms with van der Waals surface area (Å²) in [5.41, 5.74) is 6.84. The van der Waals surface area contributed by atoms with Gasteiger partial charge in [-0.15, -0.1) is 0 Å². The second-order valence-electron chi connectivity index (χ2n) is 12.0. The SMILES string of the molecule is CC1=C2C(=O)c3c(O)ccc(-c4ccc(CNC(C)C)cc4)c3C[C@H]2C[C@H]2C(N(C)C)C(=O)C(C(N)=O)=C(O)[C@@]12O. The standard InChI is InChI=1S/C32H37N3O6/c1-15(2)34-14-17-6-8-18(9-7-17)20-10-11-23(36)25-21(20)12-19-13-22-27(35(4)5)29(38)26(31(33)40)30(39)32(22,41)16(3)24(19)28(25)37/h6-11,15,19,22,27,34,36,39,41H,12-14H2,1-5H3,(H2,33,40)/t19-,22-,27?,32+/m0/s1. The molecule has 3 aliphatic carbocycles. The van der Waals surface area contributed by atoms with Gasteiger partial charge in [-0.25, -0.2) is 0 Å². The molecule has 4 atom stereocenters. The van der Waals surface area contributed by atoms with Gasteiger partial charge < -0.3 is 26.4 Å². The van der Waals surface area contributed by atoms with Crippen molar-refractivity contribution in [2.45, 2.75) is 57.8 Å². The van der Waals surface area contributed by atoms with Crippen LogP contribution < -0.4 is 11.1 Å². The van der Waals surface area contributed by atoms with E-state index in [9.17, 15) is 29.7 Å². The highest BCUT2D eigenvalue weighted by molar-refractivity contribution is 6.22. The Morgan fingerprint density at radius 2 is 1.78 bits per heavy atom. The van der Waals surface area contributed by atoms with E-state index < -0.39 is 46.4 Å². The van der Waals surface area contributed by atoms with Crippen molar-refractivity contribution in [2.24, 2.45) is 17.6 Å². The first-order valence-electron chi connectivity index (χ1n) is 13.9. The number of carbonyl (C=O) groups excluding carboxylic acids is 3. The molecule has 0 radical (unpaired) electrons. The van der Waals surface area contributed by atoms with Crippen molar-refractivity contribution in [2.75, 3.05) is 14.1 Å². The second kappa shape index (κ2) is 10.2. The van der Waals surface area contributed by atoms with Gasteiger partial charge in [0, 0.05) is 24.1 Å². The maximum absolute atomic E-state index is 14.1. The molecule has 1 unspecified atom stereocenters. The number of benzene rings is 2. The van der Waals surface area contributed by atoms with Gasteiger partial charge >= 0.3 is 0 Å². The van der Waals surface area contributed by atoms with Crippen LogP contribution in [0.5, 0.6) is 5.75 Å². The number of nitrogens with two attached hydrogens (primary N) is 1. The fourth-order valence-electron chi connectivity index (χ4n) is 6.98. The number of phenols is 1. The van der Waals surface area contributed by atoms with E-state index >= 15 is 0 Å². The van der Waals surface area contributed by atoms with Crippen molar-refractivity contribution in [1.82, 2.24) is 10.2 Å². The number of hydrogen-bond acceptors (Lipinski definition) is 8. The highest BCUT2D eigenvalue weighted by atomic mass is 16.3. The fourth-order valence-corrected chi connectivity index (χ4v) is 6.98. The molecule has 216 valence electrons. The van der Waals surface area contributed by atoms with Crippen LogP contribution in [0.3, 0.4) is 0 Å². The maximum Gasteiger partial charge on any atom is 0.255 e. The van der Waals surface area contributed by atoms with Crippen molar-refractivity contribution in [3.05, 3.63) is 75.6 Å². The third kappa shape index (κ3) is 4.39. The van der Waals surface area contributed by atoms with Gasteiger partial charge in [0.15, 0.2) is 11.6 Å². The summed E-state index contributed by atoms with van der Waals surface area (Å²) in [6.45, 7) is 6.44. The number of hydrogen-bond donors (Lipinski definition) is 5. The molecule has 6 N–H and O–H groups in total. The number of fused-ring (bicyclic) bond motifs is 3. The van der Waals surface area contributed by atoms with Gasteiger partial charge in [0.05, 0.1) is 11.6 Å². The first-order chi connectivity index (χ1) is 19.3. The van der Waals surface area contributed by atoms with Gasteiger partial charge in [0.1, 0.15) is 22.7 Å². The largest absolute Gasteiger partial charge is 0.508 e. The van der Waals surface area contributed by atoms with E-state index in [1.807, 2.05) is 30.3 Å². The molecular weight excluding hydrogens is 522 g/mol. The monoisotopic (exact) mass is 559 g/mol. The Labute approximate surface area is 239 Å². The topological polar surface area (TPSA) is 153 Å². The molecule has 0 aromatic heterocycles. The van der Waals surface area contributed by atoms with Crippen LogP contribution in [-0.2, 0) is 22.6 Å². The Morgan fingerprint density at radius 3 is 2.37 bits per heavy atom. The van der Waals surface area contributed by atoms with E-state index in [-0.39, 0.29) is 34.8 Å². The van der Waals surface area contributed by atoms with Gasteiger partial charge in [0.2, 0.25) is 0 Å². The number of likely N-dealkylation sites (N-methyl/N-ethyl adjacent to an activating group) is 1. The molecule has 2 aromatic rings. The molecule has 0 spiro atoms. The molecule has 0 bridgehead atoms. The van der Waals surface area contributed by atoms with Crippen molar-refractivity contribution in [3.63, 3.8) is 0 Å². The van der Waals surface area contributed by atoms with Crippen LogP contribution in [0.1, 0.15) is 48.7 Å². The molecular formula is C32H37N3O6. The van der Waals surface area contributed by atoms with E-state index in [4.69, 9.17) is 5.73 Å². The Hall–Kier alpha value is -3.79. The Bertz CT molecular complexity index is 1520. The van der Waals surface area contributed by atoms with Crippen molar-refractivity contribution < 1.29 is 29.7 Å². The van der Waals surface area contributed by atoms with Crippen LogP contribution in [0.25, 0.3) is 11.1 Å². The molecule has 9 heteroatoms. The number of nitrogens with zero attached hydrogens (tertiary/aromatic N) is 1. The number of carbonyl (C=O) groups is 3. The lowest BCUT2D eigenvalue weighted by Gasteiger charge is -2.51. The third-order valence-electron chi connectivity index (χ3n) is 8.95. The number of allylic oxidation sites excluding steroid dienone is 1. The minimum absolute atomic E-state index is 0.162. The summed E-state index contributed by atoms with van der Waals surface area (Å²) in [6.07, 6.45) is 0.593. The number of aliphatic hydroxyl groups excluding tert-OH is 1. The molecule has 3 aliphatic rings. The summed E-state index contributed by atoms with van der Waals surface area (Å²) in [4.78, 5) is 41.3. The number of nitrogens with one attached hydrogen (secondary N) is 1. The zero-order chi connectivity index (χ0) is 30.0. The van der Waals surface area contributed by atoms with Crippen LogP contribution in [0.4, 0.5) is 0 Å². The highest BCUT2D eigenvalue weighted by Crippen LogP contribution is 2.54. The molecule has 1 amide bonds.